The topological polar surface area (TPSA) is 62.8 Å². The van der Waals surface area contributed by atoms with Gasteiger partial charge in [0.2, 0.25) is 0 Å². The Morgan fingerprint density at radius 1 is 1.64 bits per heavy atom. The van der Waals surface area contributed by atoms with E-state index >= 15 is 0 Å². The number of aromatic amines is 1. The van der Waals surface area contributed by atoms with Crippen molar-refractivity contribution < 1.29 is 4.79 Å². The first-order valence-electron chi connectivity index (χ1n) is 3.18. The molecule has 0 bridgehead atoms. The van der Waals surface area contributed by atoms with Gasteiger partial charge in [-0.15, -0.1) is 0 Å². The Morgan fingerprint density at radius 3 is 2.73 bits per heavy atom. The molecular weight excluding hydrogens is 144 g/mol. The van der Waals surface area contributed by atoms with Crippen molar-refractivity contribution in [1.29, 1.82) is 0 Å². The largest absolute Gasteiger partial charge is 0.304 e. The van der Waals surface area contributed by atoms with E-state index in [4.69, 9.17) is 0 Å². The van der Waals surface area contributed by atoms with Crippen LogP contribution in [0.1, 0.15) is 23.2 Å². The Morgan fingerprint density at radius 2 is 2.27 bits per heavy atom. The molecule has 0 aliphatic rings. The standard InChI is InChI=1S/C7H8N2O2/c1-4-3-6(11)9-7(8-4)5(2)10/h3H,1-2H3,(H,8,9,11). The molecule has 0 aliphatic carbocycles. The third-order valence-electron chi connectivity index (χ3n) is 1.20. The lowest BCUT2D eigenvalue weighted by molar-refractivity contribution is 0.100. The molecule has 0 unspecified atom stereocenters. The molecule has 1 aromatic rings. The average molecular weight is 152 g/mol. The number of carbonyl (C=O) groups is 1. The molecule has 58 valence electrons. The fraction of sp³-hybridized carbons (Fsp3) is 0.286. The minimum absolute atomic E-state index is 0.120. The van der Waals surface area contributed by atoms with Crippen LogP contribution in [0.15, 0.2) is 10.9 Å². The molecule has 1 rings (SSSR count). The summed E-state index contributed by atoms with van der Waals surface area (Å²) >= 11 is 0. The summed E-state index contributed by atoms with van der Waals surface area (Å²) in [6.45, 7) is 3.03. The van der Waals surface area contributed by atoms with Gasteiger partial charge in [0.1, 0.15) is 0 Å². The normalized spacial score (nSPS) is 9.64. The van der Waals surface area contributed by atoms with Crippen LogP contribution in [-0.2, 0) is 0 Å². The highest BCUT2D eigenvalue weighted by Gasteiger charge is 2.01. The van der Waals surface area contributed by atoms with Gasteiger partial charge in [-0.1, -0.05) is 0 Å². The fourth-order valence-corrected chi connectivity index (χ4v) is 0.746. The van der Waals surface area contributed by atoms with Crippen molar-refractivity contribution in [2.45, 2.75) is 13.8 Å². The average Bonchev–Trinajstić information content (AvgIpc) is 1.85. The number of aromatic nitrogens is 2. The zero-order chi connectivity index (χ0) is 8.43. The zero-order valence-corrected chi connectivity index (χ0v) is 6.34. The van der Waals surface area contributed by atoms with Gasteiger partial charge in [-0.2, -0.15) is 0 Å². The third kappa shape index (κ3) is 1.73. The number of aryl methyl sites for hydroxylation is 1. The van der Waals surface area contributed by atoms with Crippen molar-refractivity contribution in [2.75, 3.05) is 0 Å². The summed E-state index contributed by atoms with van der Waals surface area (Å²) in [5.74, 6) is -0.110. The van der Waals surface area contributed by atoms with Gasteiger partial charge in [0.05, 0.1) is 0 Å². The zero-order valence-electron chi connectivity index (χ0n) is 6.34. The number of nitrogens with one attached hydrogen (secondary N) is 1. The number of nitrogens with zero attached hydrogens (tertiary/aromatic N) is 1. The van der Waals surface area contributed by atoms with Crippen molar-refractivity contribution in [3.8, 4) is 0 Å². The van der Waals surface area contributed by atoms with Crippen LogP contribution in [0.2, 0.25) is 0 Å². The molecule has 1 heterocycles. The van der Waals surface area contributed by atoms with Crippen LogP contribution < -0.4 is 5.56 Å². The molecule has 4 heteroatoms. The molecule has 1 aromatic heterocycles. The molecule has 0 aliphatic heterocycles. The Labute approximate surface area is 63.3 Å². The predicted octanol–water partition coefficient (Wildman–Crippen LogP) is 0.281. The van der Waals surface area contributed by atoms with E-state index in [1.165, 1.54) is 13.0 Å². The minimum atomic E-state index is -0.289. The van der Waals surface area contributed by atoms with Gasteiger partial charge in [-0.25, -0.2) is 4.98 Å². The Kier molecular flexibility index (Phi) is 1.85. The Balaban J connectivity index is 3.30. The van der Waals surface area contributed by atoms with E-state index in [0.717, 1.165) is 0 Å². The summed E-state index contributed by atoms with van der Waals surface area (Å²) in [5.41, 5.74) is 0.265. The number of carbonyl (C=O) groups excluding carboxylic acids is 1. The second kappa shape index (κ2) is 2.65. The van der Waals surface area contributed by atoms with Gasteiger partial charge in [0.25, 0.3) is 5.56 Å². The van der Waals surface area contributed by atoms with Crippen LogP contribution in [0, 0.1) is 6.92 Å². The number of ketones is 1. The van der Waals surface area contributed by atoms with Crippen molar-refractivity contribution in [1.82, 2.24) is 9.97 Å². The Hall–Kier alpha value is -1.45. The molecule has 0 aromatic carbocycles. The van der Waals surface area contributed by atoms with Gasteiger partial charge >= 0.3 is 0 Å². The van der Waals surface area contributed by atoms with Gasteiger partial charge in [-0.3, -0.25) is 9.59 Å². The molecule has 1 N–H and O–H groups in total. The lowest BCUT2D eigenvalue weighted by Crippen LogP contribution is -2.13. The van der Waals surface area contributed by atoms with Gasteiger partial charge in [-0.05, 0) is 6.92 Å². The quantitative estimate of drug-likeness (QED) is 0.588. The third-order valence-corrected chi connectivity index (χ3v) is 1.20. The van der Waals surface area contributed by atoms with Crippen LogP contribution >= 0.6 is 0 Å². The van der Waals surface area contributed by atoms with Crippen molar-refractivity contribution in [3.05, 3.63) is 27.9 Å². The van der Waals surface area contributed by atoms with E-state index < -0.39 is 0 Å². The van der Waals surface area contributed by atoms with E-state index in [1.54, 1.807) is 6.92 Å². The summed E-state index contributed by atoms with van der Waals surface area (Å²) in [6, 6.07) is 1.34. The Bertz CT molecular complexity index is 341. The van der Waals surface area contributed by atoms with E-state index in [9.17, 15) is 9.59 Å². The maximum atomic E-state index is 10.8. The molecule has 11 heavy (non-hydrogen) atoms. The molecule has 4 nitrogen and oxygen atoms in total. The molecule has 0 atom stereocenters. The predicted molar refractivity (Wildman–Crippen MR) is 39.6 cm³/mol. The summed E-state index contributed by atoms with van der Waals surface area (Å²) in [4.78, 5) is 27.6. The van der Waals surface area contributed by atoms with Crippen LogP contribution in [-0.4, -0.2) is 15.8 Å². The first kappa shape index (κ1) is 7.65. The molecule has 0 amide bonds. The van der Waals surface area contributed by atoms with Crippen molar-refractivity contribution in [2.24, 2.45) is 0 Å². The highest BCUT2D eigenvalue weighted by Crippen LogP contribution is 1.89. The fourth-order valence-electron chi connectivity index (χ4n) is 0.746. The summed E-state index contributed by atoms with van der Waals surface area (Å²) in [6.07, 6.45) is 0. The van der Waals surface area contributed by atoms with E-state index in [0.29, 0.717) is 5.69 Å². The number of H-pyrrole nitrogens is 1. The number of rotatable bonds is 1. The first-order chi connectivity index (χ1) is 5.09. The van der Waals surface area contributed by atoms with Crippen molar-refractivity contribution in [3.63, 3.8) is 0 Å². The molecular formula is C7H8N2O2. The molecule has 0 fully saturated rings. The second-order valence-corrected chi connectivity index (χ2v) is 2.29. The minimum Gasteiger partial charge on any atom is -0.304 e. The van der Waals surface area contributed by atoms with Gasteiger partial charge in [0.15, 0.2) is 11.6 Å². The maximum absolute atomic E-state index is 10.8. The molecule has 0 saturated heterocycles. The lowest BCUT2D eigenvalue weighted by Gasteiger charge is -1.94. The highest BCUT2D eigenvalue weighted by atomic mass is 16.1. The van der Waals surface area contributed by atoms with Gasteiger partial charge in [0, 0.05) is 18.7 Å². The van der Waals surface area contributed by atoms with Crippen LogP contribution in [0.5, 0.6) is 0 Å². The van der Waals surface area contributed by atoms with Crippen molar-refractivity contribution >= 4 is 5.78 Å². The molecule has 0 spiro atoms. The summed E-state index contributed by atoms with van der Waals surface area (Å²) in [5, 5.41) is 0. The van der Waals surface area contributed by atoms with E-state index in [-0.39, 0.29) is 17.2 Å². The highest BCUT2D eigenvalue weighted by molar-refractivity contribution is 5.90. The second-order valence-electron chi connectivity index (χ2n) is 2.29. The molecule has 0 saturated carbocycles. The maximum Gasteiger partial charge on any atom is 0.251 e. The molecule has 0 radical (unpaired) electrons. The first-order valence-corrected chi connectivity index (χ1v) is 3.18. The number of Topliss-reactive ketones (excluding diaryl/α,β-unsaturated/α-hetero) is 1. The number of hydrogen-bond donors (Lipinski definition) is 1. The van der Waals surface area contributed by atoms with E-state index in [2.05, 4.69) is 9.97 Å². The lowest BCUT2D eigenvalue weighted by atomic mass is 10.4. The van der Waals surface area contributed by atoms with Gasteiger partial charge < -0.3 is 4.98 Å². The van der Waals surface area contributed by atoms with Crippen LogP contribution in [0.25, 0.3) is 0 Å². The SMILES string of the molecule is CC(=O)c1nc(C)cc(=O)[nH]1. The van der Waals surface area contributed by atoms with E-state index in [1.807, 2.05) is 0 Å². The van der Waals surface area contributed by atoms with Crippen LogP contribution in [0.3, 0.4) is 0 Å². The summed E-state index contributed by atoms with van der Waals surface area (Å²) < 4.78 is 0. The number of hydrogen-bond acceptors (Lipinski definition) is 3. The summed E-state index contributed by atoms with van der Waals surface area (Å²) in [7, 11) is 0. The van der Waals surface area contributed by atoms with Crippen LogP contribution in [0.4, 0.5) is 0 Å². The monoisotopic (exact) mass is 152 g/mol. The smallest absolute Gasteiger partial charge is 0.251 e.